The highest BCUT2D eigenvalue weighted by Crippen LogP contribution is 2.29. The molecule has 0 bridgehead atoms. The van der Waals surface area contributed by atoms with E-state index in [0.717, 1.165) is 43.5 Å². The number of hydrogen-bond acceptors (Lipinski definition) is 4. The Balaban J connectivity index is 1.73. The quantitative estimate of drug-likeness (QED) is 0.445. The van der Waals surface area contributed by atoms with Crippen molar-refractivity contribution >= 4 is 28.7 Å². The molecule has 1 aliphatic rings. The van der Waals surface area contributed by atoms with Gasteiger partial charge in [0.1, 0.15) is 11.0 Å². The van der Waals surface area contributed by atoms with Crippen molar-refractivity contribution in [3.8, 4) is 11.1 Å². The average molecular weight is 425 g/mol. The molecule has 0 aliphatic carbocycles. The predicted octanol–water partition coefficient (Wildman–Crippen LogP) is 3.92. The fourth-order valence-electron chi connectivity index (χ4n) is 4.07. The van der Waals surface area contributed by atoms with Crippen molar-refractivity contribution in [3.05, 3.63) is 46.9 Å². The second-order valence-electron chi connectivity index (χ2n) is 7.80. The third-order valence-electron chi connectivity index (χ3n) is 5.61. The van der Waals surface area contributed by atoms with Gasteiger partial charge >= 0.3 is 0 Å². The smallest absolute Gasteiger partial charge is 0.278 e. The van der Waals surface area contributed by atoms with Gasteiger partial charge in [0.25, 0.3) is 5.56 Å². The molecule has 0 unspecified atom stereocenters. The third kappa shape index (κ3) is 4.03. The number of thioether (sulfide) groups is 1. The van der Waals surface area contributed by atoms with Gasteiger partial charge < -0.3 is 9.47 Å². The van der Waals surface area contributed by atoms with Gasteiger partial charge in [-0.2, -0.15) is 0 Å². The van der Waals surface area contributed by atoms with Crippen molar-refractivity contribution in [3.63, 3.8) is 0 Å². The number of amides is 1. The van der Waals surface area contributed by atoms with Crippen molar-refractivity contribution in [2.45, 2.75) is 44.3 Å². The fourth-order valence-corrected chi connectivity index (χ4v) is 4.99. The normalized spacial score (nSPS) is 14.4. The Morgan fingerprint density at radius 1 is 1.13 bits per heavy atom. The first-order valence-electron chi connectivity index (χ1n) is 10.7. The van der Waals surface area contributed by atoms with Gasteiger partial charge in [-0.05, 0) is 31.2 Å². The molecule has 0 N–H and O–H groups in total. The van der Waals surface area contributed by atoms with E-state index in [2.05, 4.69) is 0 Å². The standard InChI is InChI=1S/C23H28N4O2S/c1-3-12-27-22(29)21-20(18(15-25(21)2)17-10-6-4-7-11-17)24-23(27)30-16-19(28)26-13-8-5-9-14-26/h4,6-7,10-11,15H,3,5,8-9,12-14,16H2,1-2H3. The molecule has 0 saturated carbocycles. The van der Waals surface area contributed by atoms with E-state index in [-0.39, 0.29) is 11.5 Å². The Bertz CT molecular complexity index is 1100. The molecular weight excluding hydrogens is 396 g/mol. The lowest BCUT2D eigenvalue weighted by Crippen LogP contribution is -2.37. The number of piperidine rings is 1. The van der Waals surface area contributed by atoms with Gasteiger partial charge in [-0.3, -0.25) is 14.2 Å². The molecule has 1 aliphatic heterocycles. The van der Waals surface area contributed by atoms with Crippen LogP contribution in [0.15, 0.2) is 46.5 Å². The molecule has 158 valence electrons. The number of nitrogens with zero attached hydrogens (tertiary/aromatic N) is 4. The van der Waals surface area contributed by atoms with Crippen molar-refractivity contribution in [2.75, 3.05) is 18.8 Å². The first-order chi connectivity index (χ1) is 14.6. The lowest BCUT2D eigenvalue weighted by molar-refractivity contribution is -0.129. The molecular formula is C23H28N4O2S. The summed E-state index contributed by atoms with van der Waals surface area (Å²) in [6.45, 7) is 4.31. The van der Waals surface area contributed by atoms with Crippen LogP contribution in [0.2, 0.25) is 0 Å². The minimum atomic E-state index is -0.0422. The van der Waals surface area contributed by atoms with E-state index < -0.39 is 0 Å². The van der Waals surface area contributed by atoms with E-state index in [0.29, 0.717) is 28.5 Å². The first-order valence-corrected chi connectivity index (χ1v) is 11.6. The molecule has 3 aromatic rings. The topological polar surface area (TPSA) is 60.1 Å². The minimum Gasteiger partial charge on any atom is -0.344 e. The monoisotopic (exact) mass is 424 g/mol. The SMILES string of the molecule is CCCn1c(SCC(=O)N2CCCCC2)nc2c(-c3ccccc3)cn(C)c2c1=O. The predicted molar refractivity (Wildman–Crippen MR) is 122 cm³/mol. The van der Waals surface area contributed by atoms with Crippen LogP contribution in [0, 0.1) is 0 Å². The molecule has 1 aromatic carbocycles. The van der Waals surface area contributed by atoms with Gasteiger partial charge in [-0.15, -0.1) is 0 Å². The van der Waals surface area contributed by atoms with Gasteiger partial charge in [0.2, 0.25) is 5.91 Å². The Morgan fingerprint density at radius 3 is 2.57 bits per heavy atom. The van der Waals surface area contributed by atoms with E-state index in [4.69, 9.17) is 4.98 Å². The van der Waals surface area contributed by atoms with Crippen LogP contribution in [0.3, 0.4) is 0 Å². The van der Waals surface area contributed by atoms with Crippen LogP contribution in [0.4, 0.5) is 0 Å². The molecule has 0 spiro atoms. The number of aryl methyl sites for hydroxylation is 1. The number of aromatic nitrogens is 3. The van der Waals surface area contributed by atoms with Crippen molar-refractivity contribution in [1.29, 1.82) is 0 Å². The highest BCUT2D eigenvalue weighted by Gasteiger charge is 2.21. The number of rotatable bonds is 6. The summed E-state index contributed by atoms with van der Waals surface area (Å²) in [6, 6.07) is 10.0. The summed E-state index contributed by atoms with van der Waals surface area (Å²) in [5.41, 5.74) is 3.24. The van der Waals surface area contributed by atoms with Crippen molar-refractivity contribution in [2.24, 2.45) is 7.05 Å². The van der Waals surface area contributed by atoms with E-state index in [1.807, 2.05) is 60.0 Å². The number of carbonyl (C=O) groups excluding carboxylic acids is 1. The van der Waals surface area contributed by atoms with Crippen LogP contribution >= 0.6 is 11.8 Å². The molecule has 1 fully saturated rings. The van der Waals surface area contributed by atoms with Crippen LogP contribution in [-0.4, -0.2) is 43.8 Å². The first kappa shape index (κ1) is 20.7. The molecule has 7 heteroatoms. The summed E-state index contributed by atoms with van der Waals surface area (Å²) >= 11 is 1.38. The lowest BCUT2D eigenvalue weighted by atomic mass is 10.1. The van der Waals surface area contributed by atoms with Crippen LogP contribution in [-0.2, 0) is 18.4 Å². The maximum atomic E-state index is 13.3. The number of fused-ring (bicyclic) bond motifs is 1. The Kier molecular flexibility index (Phi) is 6.27. The summed E-state index contributed by atoms with van der Waals surface area (Å²) in [7, 11) is 1.89. The molecule has 3 heterocycles. The van der Waals surface area contributed by atoms with Crippen molar-refractivity contribution in [1.82, 2.24) is 19.0 Å². The molecule has 6 nitrogen and oxygen atoms in total. The van der Waals surface area contributed by atoms with Gasteiger partial charge in [0.05, 0.1) is 5.75 Å². The number of benzene rings is 1. The van der Waals surface area contributed by atoms with E-state index in [1.165, 1.54) is 18.2 Å². The molecule has 0 radical (unpaired) electrons. The van der Waals surface area contributed by atoms with Crippen LogP contribution in [0.5, 0.6) is 0 Å². The zero-order valence-corrected chi connectivity index (χ0v) is 18.5. The largest absolute Gasteiger partial charge is 0.344 e. The maximum absolute atomic E-state index is 13.3. The third-order valence-corrected chi connectivity index (χ3v) is 6.57. The summed E-state index contributed by atoms with van der Waals surface area (Å²) in [4.78, 5) is 32.9. The van der Waals surface area contributed by atoms with Gasteiger partial charge in [-0.1, -0.05) is 49.0 Å². The summed E-state index contributed by atoms with van der Waals surface area (Å²) in [6.07, 6.45) is 6.15. The number of hydrogen-bond donors (Lipinski definition) is 0. The van der Waals surface area contributed by atoms with Crippen LogP contribution in [0.25, 0.3) is 22.2 Å². The second kappa shape index (κ2) is 9.08. The summed E-state index contributed by atoms with van der Waals surface area (Å²) in [5.74, 6) is 0.447. The fraction of sp³-hybridized carbons (Fsp3) is 0.435. The Labute approximate surface area is 180 Å². The maximum Gasteiger partial charge on any atom is 0.278 e. The van der Waals surface area contributed by atoms with E-state index in [1.54, 1.807) is 4.57 Å². The minimum absolute atomic E-state index is 0.0422. The highest BCUT2D eigenvalue weighted by molar-refractivity contribution is 7.99. The molecule has 4 rings (SSSR count). The summed E-state index contributed by atoms with van der Waals surface area (Å²) in [5, 5.41) is 0.628. The Hall–Kier alpha value is -2.54. The molecule has 0 atom stereocenters. The second-order valence-corrected chi connectivity index (χ2v) is 8.74. The molecule has 1 amide bonds. The summed E-state index contributed by atoms with van der Waals surface area (Å²) < 4.78 is 3.59. The van der Waals surface area contributed by atoms with Crippen LogP contribution in [0.1, 0.15) is 32.6 Å². The molecule has 30 heavy (non-hydrogen) atoms. The molecule has 1 saturated heterocycles. The van der Waals surface area contributed by atoms with E-state index in [9.17, 15) is 9.59 Å². The van der Waals surface area contributed by atoms with Gasteiger partial charge in [0.15, 0.2) is 5.16 Å². The van der Waals surface area contributed by atoms with E-state index >= 15 is 0 Å². The number of carbonyl (C=O) groups is 1. The van der Waals surface area contributed by atoms with Gasteiger partial charge in [0, 0.05) is 38.4 Å². The lowest BCUT2D eigenvalue weighted by Gasteiger charge is -2.26. The van der Waals surface area contributed by atoms with Gasteiger partial charge in [-0.25, -0.2) is 4.98 Å². The zero-order chi connectivity index (χ0) is 21.1. The zero-order valence-electron chi connectivity index (χ0n) is 17.6. The average Bonchev–Trinajstić information content (AvgIpc) is 3.12. The Morgan fingerprint density at radius 2 is 1.87 bits per heavy atom. The van der Waals surface area contributed by atoms with Crippen LogP contribution < -0.4 is 5.56 Å². The van der Waals surface area contributed by atoms with Crippen molar-refractivity contribution < 1.29 is 4.79 Å². The highest BCUT2D eigenvalue weighted by atomic mass is 32.2. The molecule has 2 aromatic heterocycles. The number of likely N-dealkylation sites (tertiary alicyclic amines) is 1.